The monoisotopic (exact) mass is 397 g/mol. The van der Waals surface area contributed by atoms with E-state index in [0.717, 1.165) is 26.8 Å². The Morgan fingerprint density at radius 3 is 2.50 bits per heavy atom. The van der Waals surface area contributed by atoms with E-state index in [-0.39, 0.29) is 0 Å². The molecule has 0 spiro atoms. The van der Waals surface area contributed by atoms with Crippen LogP contribution in [-0.4, -0.2) is 7.11 Å². The standard InChI is InChI=1S/C16H17Br2NO/c1-11(12-6-4-3-5-7-12)19-10-13-8-14(17)9-15(18)16(13)20-2/h3-9,11,19H,10H2,1-2H3. The van der Waals surface area contributed by atoms with Crippen molar-refractivity contribution in [2.45, 2.75) is 19.5 Å². The highest BCUT2D eigenvalue weighted by Gasteiger charge is 2.11. The van der Waals surface area contributed by atoms with Crippen molar-refractivity contribution in [1.82, 2.24) is 5.32 Å². The summed E-state index contributed by atoms with van der Waals surface area (Å²) in [6, 6.07) is 14.8. The average molecular weight is 399 g/mol. The van der Waals surface area contributed by atoms with E-state index in [0.29, 0.717) is 6.04 Å². The molecule has 2 aromatic carbocycles. The molecule has 1 atom stereocenters. The molecule has 0 aliphatic rings. The van der Waals surface area contributed by atoms with E-state index in [4.69, 9.17) is 4.74 Å². The lowest BCUT2D eigenvalue weighted by Crippen LogP contribution is -2.18. The van der Waals surface area contributed by atoms with Crippen molar-refractivity contribution in [3.63, 3.8) is 0 Å². The van der Waals surface area contributed by atoms with Crippen molar-refractivity contribution in [2.24, 2.45) is 0 Å². The van der Waals surface area contributed by atoms with Gasteiger partial charge in [0.05, 0.1) is 11.6 Å². The molecule has 0 fully saturated rings. The topological polar surface area (TPSA) is 21.3 Å². The van der Waals surface area contributed by atoms with Crippen LogP contribution in [0.1, 0.15) is 24.1 Å². The number of benzene rings is 2. The molecule has 0 saturated heterocycles. The van der Waals surface area contributed by atoms with Gasteiger partial charge in [-0.1, -0.05) is 46.3 Å². The van der Waals surface area contributed by atoms with Gasteiger partial charge in [0, 0.05) is 22.6 Å². The van der Waals surface area contributed by atoms with E-state index >= 15 is 0 Å². The molecule has 4 heteroatoms. The fourth-order valence-corrected chi connectivity index (χ4v) is 3.57. The smallest absolute Gasteiger partial charge is 0.137 e. The van der Waals surface area contributed by atoms with E-state index in [1.807, 2.05) is 12.1 Å². The van der Waals surface area contributed by atoms with E-state index in [1.165, 1.54) is 5.56 Å². The molecule has 0 aromatic heterocycles. The van der Waals surface area contributed by atoms with Gasteiger partial charge in [-0.2, -0.15) is 0 Å². The maximum absolute atomic E-state index is 5.46. The van der Waals surface area contributed by atoms with Crippen molar-refractivity contribution >= 4 is 31.9 Å². The molecule has 1 unspecified atom stereocenters. The van der Waals surface area contributed by atoms with Gasteiger partial charge in [0.15, 0.2) is 0 Å². The zero-order valence-corrected chi connectivity index (χ0v) is 14.7. The van der Waals surface area contributed by atoms with Crippen LogP contribution in [-0.2, 0) is 6.54 Å². The van der Waals surface area contributed by atoms with Gasteiger partial charge < -0.3 is 10.1 Å². The lowest BCUT2D eigenvalue weighted by molar-refractivity contribution is 0.403. The molecule has 0 radical (unpaired) electrons. The Morgan fingerprint density at radius 2 is 1.85 bits per heavy atom. The van der Waals surface area contributed by atoms with Gasteiger partial charge in [-0.3, -0.25) is 0 Å². The summed E-state index contributed by atoms with van der Waals surface area (Å²) in [7, 11) is 1.69. The Bertz CT molecular complexity index is 572. The van der Waals surface area contributed by atoms with Crippen LogP contribution < -0.4 is 10.1 Å². The lowest BCUT2D eigenvalue weighted by atomic mass is 10.1. The van der Waals surface area contributed by atoms with Gasteiger partial charge >= 0.3 is 0 Å². The average Bonchev–Trinajstić information content (AvgIpc) is 2.45. The first-order valence-electron chi connectivity index (χ1n) is 6.42. The molecule has 20 heavy (non-hydrogen) atoms. The maximum atomic E-state index is 5.46. The molecule has 0 amide bonds. The first-order valence-corrected chi connectivity index (χ1v) is 8.00. The van der Waals surface area contributed by atoms with Crippen molar-refractivity contribution < 1.29 is 4.74 Å². The van der Waals surface area contributed by atoms with Crippen LogP contribution in [0.15, 0.2) is 51.4 Å². The zero-order chi connectivity index (χ0) is 14.5. The molecule has 0 bridgehead atoms. The van der Waals surface area contributed by atoms with Crippen LogP contribution in [0.4, 0.5) is 0 Å². The Morgan fingerprint density at radius 1 is 1.15 bits per heavy atom. The molecule has 0 aliphatic carbocycles. The second-order valence-electron chi connectivity index (χ2n) is 4.59. The molecule has 0 saturated carbocycles. The summed E-state index contributed by atoms with van der Waals surface area (Å²) in [5, 5.41) is 3.52. The van der Waals surface area contributed by atoms with Gasteiger partial charge in [0.1, 0.15) is 5.75 Å². The molecule has 1 N–H and O–H groups in total. The van der Waals surface area contributed by atoms with Crippen LogP contribution in [0.25, 0.3) is 0 Å². The van der Waals surface area contributed by atoms with E-state index in [1.54, 1.807) is 7.11 Å². The fraction of sp³-hybridized carbons (Fsp3) is 0.250. The number of ether oxygens (including phenoxy) is 1. The predicted octanol–water partition coefficient (Wildman–Crippen LogP) is 5.07. The summed E-state index contributed by atoms with van der Waals surface area (Å²) in [6.45, 7) is 2.91. The van der Waals surface area contributed by atoms with Crippen LogP contribution in [0.3, 0.4) is 0 Å². The summed E-state index contributed by atoms with van der Waals surface area (Å²) < 4.78 is 7.45. The summed E-state index contributed by atoms with van der Waals surface area (Å²) in [4.78, 5) is 0. The number of methoxy groups -OCH3 is 1. The molecular formula is C16H17Br2NO. The van der Waals surface area contributed by atoms with Gasteiger partial charge in [-0.15, -0.1) is 0 Å². The van der Waals surface area contributed by atoms with Gasteiger partial charge in [-0.05, 0) is 40.5 Å². The lowest BCUT2D eigenvalue weighted by Gasteiger charge is -2.17. The summed E-state index contributed by atoms with van der Waals surface area (Å²) in [5.74, 6) is 0.876. The maximum Gasteiger partial charge on any atom is 0.137 e. The number of halogens is 2. The minimum atomic E-state index is 0.290. The normalized spacial score (nSPS) is 12.2. The predicted molar refractivity (Wildman–Crippen MR) is 90.1 cm³/mol. The molecule has 2 nitrogen and oxygen atoms in total. The van der Waals surface area contributed by atoms with Crippen LogP contribution >= 0.6 is 31.9 Å². The Labute approximate surface area is 136 Å². The Balaban J connectivity index is 2.11. The molecule has 2 rings (SSSR count). The van der Waals surface area contributed by atoms with Crippen LogP contribution in [0.5, 0.6) is 5.75 Å². The molecular weight excluding hydrogens is 382 g/mol. The molecule has 0 aliphatic heterocycles. The largest absolute Gasteiger partial charge is 0.495 e. The first-order chi connectivity index (χ1) is 9.61. The number of hydrogen-bond acceptors (Lipinski definition) is 2. The highest BCUT2D eigenvalue weighted by molar-refractivity contribution is 9.11. The molecule has 2 aromatic rings. The SMILES string of the molecule is COc1c(Br)cc(Br)cc1CNC(C)c1ccccc1. The number of hydrogen-bond donors (Lipinski definition) is 1. The van der Waals surface area contributed by atoms with Gasteiger partial charge in [-0.25, -0.2) is 0 Å². The highest BCUT2D eigenvalue weighted by Crippen LogP contribution is 2.32. The fourth-order valence-electron chi connectivity index (χ4n) is 2.10. The molecule has 0 heterocycles. The minimum absolute atomic E-state index is 0.290. The van der Waals surface area contributed by atoms with Crippen molar-refractivity contribution in [3.8, 4) is 5.75 Å². The Kier molecular flexibility index (Phi) is 5.64. The van der Waals surface area contributed by atoms with Crippen molar-refractivity contribution in [2.75, 3.05) is 7.11 Å². The van der Waals surface area contributed by atoms with Crippen molar-refractivity contribution in [1.29, 1.82) is 0 Å². The number of rotatable bonds is 5. The second kappa shape index (κ2) is 7.25. The van der Waals surface area contributed by atoms with E-state index in [9.17, 15) is 0 Å². The minimum Gasteiger partial charge on any atom is -0.495 e. The second-order valence-corrected chi connectivity index (χ2v) is 6.36. The zero-order valence-electron chi connectivity index (χ0n) is 11.5. The van der Waals surface area contributed by atoms with Crippen LogP contribution in [0.2, 0.25) is 0 Å². The van der Waals surface area contributed by atoms with Crippen LogP contribution in [0, 0.1) is 0 Å². The highest BCUT2D eigenvalue weighted by atomic mass is 79.9. The van der Waals surface area contributed by atoms with Crippen molar-refractivity contribution in [3.05, 3.63) is 62.5 Å². The van der Waals surface area contributed by atoms with Gasteiger partial charge in [0.25, 0.3) is 0 Å². The molecule has 106 valence electrons. The number of nitrogens with one attached hydrogen (secondary N) is 1. The third kappa shape index (κ3) is 3.84. The summed E-state index contributed by atoms with van der Waals surface area (Å²) in [5.41, 5.74) is 2.40. The summed E-state index contributed by atoms with van der Waals surface area (Å²) in [6.07, 6.45) is 0. The Hall–Kier alpha value is -0.840. The van der Waals surface area contributed by atoms with E-state index in [2.05, 4.69) is 74.4 Å². The third-order valence-electron chi connectivity index (χ3n) is 3.19. The summed E-state index contributed by atoms with van der Waals surface area (Å²) >= 11 is 7.04. The van der Waals surface area contributed by atoms with E-state index < -0.39 is 0 Å². The van der Waals surface area contributed by atoms with Gasteiger partial charge in [0.2, 0.25) is 0 Å². The quantitative estimate of drug-likeness (QED) is 0.758. The first kappa shape index (κ1) is 15.5. The third-order valence-corrected chi connectivity index (χ3v) is 4.23.